The van der Waals surface area contributed by atoms with Crippen molar-refractivity contribution in [2.45, 2.75) is 124 Å². The van der Waals surface area contributed by atoms with Crippen LogP contribution in [0.3, 0.4) is 0 Å². The van der Waals surface area contributed by atoms with E-state index in [4.69, 9.17) is 18.9 Å². The Balaban J connectivity index is 1.78. The van der Waals surface area contributed by atoms with E-state index < -0.39 is 35.6 Å². The fraction of sp³-hybridized carbons (Fsp3) is 0.463. The van der Waals surface area contributed by atoms with Crippen LogP contribution in [-0.4, -0.2) is 35.6 Å². The van der Waals surface area contributed by atoms with Gasteiger partial charge in [0.1, 0.15) is 29.7 Å². The quantitative estimate of drug-likeness (QED) is 0.143. The molecule has 0 aliphatic carbocycles. The first-order valence-corrected chi connectivity index (χ1v) is 16.9. The summed E-state index contributed by atoms with van der Waals surface area (Å²) in [5.41, 5.74) is 2.47. The summed E-state index contributed by atoms with van der Waals surface area (Å²) in [5, 5.41) is 2.60. The minimum absolute atomic E-state index is 0.0341. The van der Waals surface area contributed by atoms with E-state index in [1.54, 1.807) is 32.9 Å². The van der Waals surface area contributed by atoms with Crippen molar-refractivity contribution < 1.29 is 38.1 Å². The SMILES string of the molecule is CC(C)(C)OC(=O)NC(Cc1ccc(OC(=O)C(=O)Oc2c(C(C)(C)C)cc(C(C)(C)C)cc2C(C)(C)C)cc1)C(=O)OCc1ccccc1. The van der Waals surface area contributed by atoms with Gasteiger partial charge in [-0.2, -0.15) is 0 Å². The second-order valence-corrected chi connectivity index (χ2v) is 16.6. The summed E-state index contributed by atoms with van der Waals surface area (Å²) < 4.78 is 22.1. The van der Waals surface area contributed by atoms with Crippen LogP contribution in [0.5, 0.6) is 11.5 Å². The van der Waals surface area contributed by atoms with Crippen molar-refractivity contribution in [3.8, 4) is 11.5 Å². The van der Waals surface area contributed by atoms with Gasteiger partial charge in [0.15, 0.2) is 0 Å². The lowest BCUT2D eigenvalue weighted by Crippen LogP contribution is -2.45. The Morgan fingerprint density at radius 1 is 0.640 bits per heavy atom. The number of amides is 1. The molecule has 3 aromatic rings. The molecule has 0 aliphatic rings. The van der Waals surface area contributed by atoms with Crippen molar-refractivity contribution >= 4 is 24.0 Å². The number of rotatable bonds is 8. The molecule has 270 valence electrons. The molecular weight excluding hydrogens is 634 g/mol. The number of alkyl carbamates (subject to hydrolysis) is 1. The highest BCUT2D eigenvalue weighted by Crippen LogP contribution is 2.43. The predicted octanol–water partition coefficient (Wildman–Crippen LogP) is 8.27. The van der Waals surface area contributed by atoms with Gasteiger partial charge in [-0.15, -0.1) is 0 Å². The van der Waals surface area contributed by atoms with Crippen LogP contribution in [0.2, 0.25) is 0 Å². The van der Waals surface area contributed by atoms with E-state index in [0.29, 0.717) is 11.3 Å². The highest BCUT2D eigenvalue weighted by atomic mass is 16.6. The van der Waals surface area contributed by atoms with E-state index in [1.807, 2.05) is 84.0 Å². The van der Waals surface area contributed by atoms with Crippen LogP contribution in [0.25, 0.3) is 0 Å². The minimum atomic E-state index is -1.17. The van der Waals surface area contributed by atoms with Crippen LogP contribution < -0.4 is 14.8 Å². The molecule has 50 heavy (non-hydrogen) atoms. The molecule has 0 radical (unpaired) electrons. The monoisotopic (exact) mass is 687 g/mol. The van der Waals surface area contributed by atoms with Crippen LogP contribution >= 0.6 is 0 Å². The molecule has 0 saturated heterocycles. The van der Waals surface area contributed by atoms with Crippen molar-refractivity contribution in [2.75, 3.05) is 0 Å². The summed E-state index contributed by atoms with van der Waals surface area (Å²) in [7, 11) is 0. The average molecular weight is 688 g/mol. The first-order chi connectivity index (χ1) is 22.9. The molecular formula is C41H53NO8. The molecule has 0 spiro atoms. The lowest BCUT2D eigenvalue weighted by Gasteiger charge is -2.32. The molecule has 3 rings (SSSR count). The fourth-order valence-electron chi connectivity index (χ4n) is 4.97. The Morgan fingerprint density at radius 3 is 1.64 bits per heavy atom. The topological polar surface area (TPSA) is 117 Å². The lowest BCUT2D eigenvalue weighted by molar-refractivity contribution is -0.156. The van der Waals surface area contributed by atoms with Crippen molar-refractivity contribution in [2.24, 2.45) is 0 Å². The van der Waals surface area contributed by atoms with Crippen LogP contribution in [-0.2, 0) is 53.1 Å². The van der Waals surface area contributed by atoms with Gasteiger partial charge in [-0.3, -0.25) is 0 Å². The van der Waals surface area contributed by atoms with Gasteiger partial charge in [0.25, 0.3) is 0 Å². The molecule has 3 aromatic carbocycles. The van der Waals surface area contributed by atoms with Gasteiger partial charge >= 0.3 is 24.0 Å². The predicted molar refractivity (Wildman–Crippen MR) is 193 cm³/mol. The lowest BCUT2D eigenvalue weighted by atomic mass is 9.74. The van der Waals surface area contributed by atoms with Crippen LogP contribution in [0.4, 0.5) is 4.79 Å². The maximum Gasteiger partial charge on any atom is 0.423 e. The van der Waals surface area contributed by atoms with E-state index in [2.05, 4.69) is 26.1 Å². The zero-order valence-electron chi connectivity index (χ0n) is 31.6. The van der Waals surface area contributed by atoms with Gasteiger partial charge in [-0.05, 0) is 65.8 Å². The first-order valence-electron chi connectivity index (χ1n) is 16.9. The maximum atomic E-state index is 13.2. The van der Waals surface area contributed by atoms with Crippen LogP contribution in [0, 0.1) is 0 Å². The molecule has 0 aliphatic heterocycles. The minimum Gasteiger partial charge on any atom is -0.459 e. The summed E-state index contributed by atoms with van der Waals surface area (Å²) in [6.07, 6.45) is -0.695. The zero-order valence-corrected chi connectivity index (χ0v) is 31.6. The summed E-state index contributed by atoms with van der Waals surface area (Å²) in [6, 6.07) is 18.5. The summed E-state index contributed by atoms with van der Waals surface area (Å²) in [5.74, 6) is -2.49. The van der Waals surface area contributed by atoms with Crippen LogP contribution in [0.15, 0.2) is 66.7 Å². The average Bonchev–Trinajstić information content (AvgIpc) is 2.98. The Morgan fingerprint density at radius 2 is 1.16 bits per heavy atom. The Hall–Kier alpha value is -4.66. The van der Waals surface area contributed by atoms with Crippen molar-refractivity contribution in [1.82, 2.24) is 5.32 Å². The van der Waals surface area contributed by atoms with Crippen molar-refractivity contribution in [3.05, 3.63) is 94.5 Å². The van der Waals surface area contributed by atoms with E-state index in [9.17, 15) is 19.2 Å². The summed E-state index contributed by atoms with van der Waals surface area (Å²) in [4.78, 5) is 51.9. The molecule has 1 atom stereocenters. The number of carbonyl (C=O) groups excluding carboxylic acids is 4. The number of ether oxygens (including phenoxy) is 4. The van der Waals surface area contributed by atoms with Gasteiger partial charge in [0.2, 0.25) is 0 Å². The first kappa shape index (κ1) is 39.8. The molecule has 0 saturated carbocycles. The van der Waals surface area contributed by atoms with Crippen molar-refractivity contribution in [1.29, 1.82) is 0 Å². The second kappa shape index (κ2) is 15.5. The third kappa shape index (κ3) is 11.7. The molecule has 1 unspecified atom stereocenters. The smallest absolute Gasteiger partial charge is 0.423 e. The van der Waals surface area contributed by atoms with Gasteiger partial charge in [0, 0.05) is 17.5 Å². The number of nitrogens with one attached hydrogen (secondary N) is 1. The molecule has 1 N–H and O–H groups in total. The van der Waals surface area contributed by atoms with E-state index in [0.717, 1.165) is 22.3 Å². The largest absolute Gasteiger partial charge is 0.459 e. The molecule has 1 amide bonds. The van der Waals surface area contributed by atoms with Crippen LogP contribution in [0.1, 0.15) is 111 Å². The molecule has 0 bridgehead atoms. The third-order valence-electron chi connectivity index (χ3n) is 7.71. The van der Waals surface area contributed by atoms with Crippen molar-refractivity contribution in [3.63, 3.8) is 0 Å². The number of hydrogen-bond acceptors (Lipinski definition) is 8. The molecule has 9 heteroatoms. The Kier molecular flexibility index (Phi) is 12.3. The maximum absolute atomic E-state index is 13.2. The molecule has 9 nitrogen and oxygen atoms in total. The summed E-state index contributed by atoms with van der Waals surface area (Å²) >= 11 is 0. The van der Waals surface area contributed by atoms with Gasteiger partial charge in [-0.1, -0.05) is 117 Å². The van der Waals surface area contributed by atoms with Gasteiger partial charge < -0.3 is 24.3 Å². The molecule has 0 heterocycles. The third-order valence-corrected chi connectivity index (χ3v) is 7.71. The second-order valence-electron chi connectivity index (χ2n) is 16.6. The number of esters is 3. The molecule has 0 aromatic heterocycles. The molecule has 0 fully saturated rings. The number of benzene rings is 3. The van der Waals surface area contributed by atoms with Gasteiger partial charge in [-0.25, -0.2) is 19.2 Å². The highest BCUT2D eigenvalue weighted by Gasteiger charge is 2.33. The Labute approximate surface area is 297 Å². The highest BCUT2D eigenvalue weighted by molar-refractivity contribution is 6.31. The van der Waals surface area contributed by atoms with E-state index in [-0.39, 0.29) is 35.0 Å². The normalized spacial score (nSPS) is 12.8. The van der Waals surface area contributed by atoms with Gasteiger partial charge in [0.05, 0.1) is 0 Å². The number of carbonyl (C=O) groups is 4. The Bertz CT molecular complexity index is 1630. The summed E-state index contributed by atoms with van der Waals surface area (Å²) in [6.45, 7) is 23.8. The van der Waals surface area contributed by atoms with E-state index >= 15 is 0 Å². The number of hydrogen-bond donors (Lipinski definition) is 1. The zero-order chi connectivity index (χ0) is 37.7. The fourth-order valence-corrected chi connectivity index (χ4v) is 4.97. The van der Waals surface area contributed by atoms with E-state index in [1.165, 1.54) is 12.1 Å². The standard InChI is InChI=1S/C41H53NO8/c1-38(2,3)28-23-30(39(4,5)6)33(31(24-28)40(7,8)9)49-36(45)35(44)48-29-20-18-26(19-21-29)22-32(42-37(46)50-41(10,11)12)34(43)47-25-27-16-14-13-15-17-27/h13-21,23-24,32H,22,25H2,1-12H3,(H,42,46).